The zero-order valence-corrected chi connectivity index (χ0v) is 17.4. The van der Waals surface area contributed by atoms with Crippen LogP contribution in [0.1, 0.15) is 11.4 Å². The third-order valence-electron chi connectivity index (χ3n) is 4.94. The molecule has 0 bridgehead atoms. The third kappa shape index (κ3) is 4.58. The smallest absolute Gasteiger partial charge is 0.119 e. The molecule has 3 aromatic carbocycles. The molecule has 0 fully saturated rings. The van der Waals surface area contributed by atoms with Crippen molar-refractivity contribution in [2.75, 3.05) is 13.7 Å². The summed E-state index contributed by atoms with van der Waals surface area (Å²) in [5.41, 5.74) is 2.87. The predicted molar refractivity (Wildman–Crippen MR) is 118 cm³/mol. The highest BCUT2D eigenvalue weighted by Crippen LogP contribution is 2.23. The number of rotatable bonds is 8. The van der Waals surface area contributed by atoms with Crippen molar-refractivity contribution in [2.45, 2.75) is 19.1 Å². The molecule has 5 nitrogen and oxygen atoms in total. The van der Waals surface area contributed by atoms with Gasteiger partial charge in [-0.15, -0.1) is 0 Å². The topological polar surface area (TPSA) is 56.5 Å². The number of methoxy groups -OCH3 is 1. The van der Waals surface area contributed by atoms with E-state index in [0.717, 1.165) is 28.2 Å². The van der Waals surface area contributed by atoms with Crippen LogP contribution in [0.5, 0.6) is 11.5 Å². The molecule has 0 radical (unpaired) electrons. The van der Waals surface area contributed by atoms with E-state index in [1.165, 1.54) is 0 Å². The zero-order chi connectivity index (χ0) is 20.9. The van der Waals surface area contributed by atoms with Crippen LogP contribution in [0.15, 0.2) is 72.8 Å². The number of nitrogens with zero attached hydrogens (tertiary/aromatic N) is 2. The van der Waals surface area contributed by atoms with Gasteiger partial charge in [-0.05, 0) is 48.0 Å². The molecule has 1 N–H and O–H groups in total. The van der Waals surface area contributed by atoms with Gasteiger partial charge in [-0.1, -0.05) is 41.9 Å². The van der Waals surface area contributed by atoms with E-state index < -0.39 is 6.10 Å². The number of aromatic nitrogens is 2. The number of benzene rings is 3. The molecule has 6 heteroatoms. The van der Waals surface area contributed by atoms with Crippen molar-refractivity contribution in [3.8, 4) is 11.5 Å². The predicted octanol–water partition coefficient (Wildman–Crippen LogP) is 4.73. The maximum absolute atomic E-state index is 10.7. The number of aliphatic hydroxyl groups excluding tert-OH is 1. The van der Waals surface area contributed by atoms with Gasteiger partial charge >= 0.3 is 0 Å². The van der Waals surface area contributed by atoms with E-state index in [0.29, 0.717) is 23.7 Å². The molecular weight excluding hydrogens is 400 g/mol. The fourth-order valence-corrected chi connectivity index (χ4v) is 3.61. The Kier molecular flexibility index (Phi) is 6.21. The first-order chi connectivity index (χ1) is 14.6. The van der Waals surface area contributed by atoms with Gasteiger partial charge in [0.15, 0.2) is 0 Å². The van der Waals surface area contributed by atoms with Crippen molar-refractivity contribution in [1.82, 2.24) is 9.55 Å². The largest absolute Gasteiger partial charge is 0.497 e. The van der Waals surface area contributed by atoms with Gasteiger partial charge in [0.05, 0.1) is 24.7 Å². The Morgan fingerprint density at radius 2 is 1.67 bits per heavy atom. The minimum Gasteiger partial charge on any atom is -0.497 e. The third-order valence-corrected chi connectivity index (χ3v) is 5.30. The maximum Gasteiger partial charge on any atom is 0.119 e. The highest BCUT2D eigenvalue weighted by molar-refractivity contribution is 6.31. The van der Waals surface area contributed by atoms with Crippen LogP contribution in [0.25, 0.3) is 11.0 Å². The summed E-state index contributed by atoms with van der Waals surface area (Å²) in [5.74, 6) is 2.30. The lowest BCUT2D eigenvalue weighted by Gasteiger charge is -2.16. The average Bonchev–Trinajstić information content (AvgIpc) is 3.11. The van der Waals surface area contributed by atoms with E-state index in [1.807, 2.05) is 77.4 Å². The van der Waals surface area contributed by atoms with Gasteiger partial charge in [0.25, 0.3) is 0 Å². The lowest BCUT2D eigenvalue weighted by Crippen LogP contribution is -2.24. The Morgan fingerprint density at radius 1 is 0.967 bits per heavy atom. The van der Waals surface area contributed by atoms with Gasteiger partial charge < -0.3 is 19.1 Å². The lowest BCUT2D eigenvalue weighted by molar-refractivity contribution is 0.0928. The number of halogens is 1. The molecule has 1 heterocycles. The molecule has 4 rings (SSSR count). The number of hydrogen-bond donors (Lipinski definition) is 1. The van der Waals surface area contributed by atoms with Crippen molar-refractivity contribution in [3.05, 3.63) is 89.2 Å². The second-order valence-corrected chi connectivity index (χ2v) is 7.44. The fraction of sp³-hybridized carbons (Fsp3) is 0.208. The van der Waals surface area contributed by atoms with Crippen LogP contribution in [0.3, 0.4) is 0 Å². The lowest BCUT2D eigenvalue weighted by atomic mass is 10.1. The van der Waals surface area contributed by atoms with Crippen LogP contribution < -0.4 is 9.47 Å². The standard InChI is InChI=1S/C24H23ClN2O3/c1-29-19-10-12-20(13-11-19)30-16-18(28)15-27-23-9-5-4-8-22(23)26-24(27)14-17-6-2-3-7-21(17)25/h2-13,18,28H,14-16H2,1H3/t18-/m0/s1. The molecule has 0 saturated carbocycles. The number of hydrogen-bond acceptors (Lipinski definition) is 4. The van der Waals surface area contributed by atoms with Crippen molar-refractivity contribution in [1.29, 1.82) is 0 Å². The van der Waals surface area contributed by atoms with Crippen LogP contribution in [-0.2, 0) is 13.0 Å². The van der Waals surface area contributed by atoms with E-state index in [9.17, 15) is 5.11 Å². The van der Waals surface area contributed by atoms with Crippen LogP contribution in [0.2, 0.25) is 5.02 Å². The summed E-state index contributed by atoms with van der Waals surface area (Å²) in [6, 6.07) is 23.0. The van der Waals surface area contributed by atoms with E-state index >= 15 is 0 Å². The van der Waals surface area contributed by atoms with Crippen LogP contribution in [-0.4, -0.2) is 34.5 Å². The number of fused-ring (bicyclic) bond motifs is 1. The maximum atomic E-state index is 10.7. The highest BCUT2D eigenvalue weighted by Gasteiger charge is 2.16. The molecule has 0 amide bonds. The molecule has 0 aliphatic heterocycles. The van der Waals surface area contributed by atoms with Crippen molar-refractivity contribution in [2.24, 2.45) is 0 Å². The summed E-state index contributed by atoms with van der Waals surface area (Å²) >= 11 is 6.35. The first-order valence-corrected chi connectivity index (χ1v) is 10.1. The van der Waals surface area contributed by atoms with Gasteiger partial charge in [-0.25, -0.2) is 4.98 Å². The van der Waals surface area contributed by atoms with Crippen LogP contribution in [0.4, 0.5) is 0 Å². The number of para-hydroxylation sites is 2. The molecule has 0 unspecified atom stereocenters. The minimum atomic E-state index is -0.699. The molecule has 0 aliphatic carbocycles. The normalized spacial score (nSPS) is 12.1. The Labute approximate surface area is 180 Å². The Morgan fingerprint density at radius 3 is 2.43 bits per heavy atom. The molecule has 0 saturated heterocycles. The first kappa shape index (κ1) is 20.3. The molecule has 0 aliphatic rings. The van der Waals surface area contributed by atoms with E-state index in [1.54, 1.807) is 7.11 Å². The molecular formula is C24H23ClN2O3. The van der Waals surface area contributed by atoms with Crippen molar-refractivity contribution in [3.63, 3.8) is 0 Å². The van der Waals surface area contributed by atoms with Crippen LogP contribution in [0, 0.1) is 0 Å². The van der Waals surface area contributed by atoms with Gasteiger partial charge in [0, 0.05) is 11.4 Å². The SMILES string of the molecule is COc1ccc(OC[C@@H](O)Cn2c(Cc3ccccc3Cl)nc3ccccc32)cc1. The average molecular weight is 423 g/mol. The number of imidazole rings is 1. The highest BCUT2D eigenvalue weighted by atomic mass is 35.5. The van der Waals surface area contributed by atoms with Crippen molar-refractivity contribution < 1.29 is 14.6 Å². The molecule has 1 aromatic heterocycles. The second kappa shape index (κ2) is 9.20. The van der Waals surface area contributed by atoms with E-state index in [-0.39, 0.29) is 6.61 Å². The summed E-state index contributed by atoms with van der Waals surface area (Å²) in [4.78, 5) is 4.78. The van der Waals surface area contributed by atoms with Gasteiger partial charge in [-0.2, -0.15) is 0 Å². The van der Waals surface area contributed by atoms with Gasteiger partial charge in [-0.3, -0.25) is 0 Å². The molecule has 154 valence electrons. The summed E-state index contributed by atoms with van der Waals surface area (Å²) in [6.07, 6.45) is -0.116. The molecule has 4 aromatic rings. The summed E-state index contributed by atoms with van der Waals surface area (Å²) in [6.45, 7) is 0.542. The van der Waals surface area contributed by atoms with E-state index in [2.05, 4.69) is 0 Å². The Balaban J connectivity index is 1.52. The number of aliphatic hydroxyl groups is 1. The number of ether oxygens (including phenoxy) is 2. The Bertz CT molecular complexity index is 1120. The Hall–Kier alpha value is -3.02. The van der Waals surface area contributed by atoms with Crippen LogP contribution >= 0.6 is 11.6 Å². The molecule has 30 heavy (non-hydrogen) atoms. The second-order valence-electron chi connectivity index (χ2n) is 7.04. The van der Waals surface area contributed by atoms with Gasteiger partial charge in [0.2, 0.25) is 0 Å². The molecule has 0 spiro atoms. The first-order valence-electron chi connectivity index (χ1n) is 9.76. The quantitative estimate of drug-likeness (QED) is 0.446. The summed E-state index contributed by atoms with van der Waals surface area (Å²) in [7, 11) is 1.62. The van der Waals surface area contributed by atoms with E-state index in [4.69, 9.17) is 26.1 Å². The molecule has 1 atom stereocenters. The monoisotopic (exact) mass is 422 g/mol. The van der Waals surface area contributed by atoms with Gasteiger partial charge in [0.1, 0.15) is 30.0 Å². The summed E-state index contributed by atoms with van der Waals surface area (Å²) < 4.78 is 12.9. The minimum absolute atomic E-state index is 0.171. The summed E-state index contributed by atoms with van der Waals surface area (Å²) in [5, 5.41) is 11.4. The fourth-order valence-electron chi connectivity index (χ4n) is 3.40. The van der Waals surface area contributed by atoms with Crippen molar-refractivity contribution >= 4 is 22.6 Å². The zero-order valence-electron chi connectivity index (χ0n) is 16.7.